The number of aryl methyl sites for hydroxylation is 2. The van der Waals surface area contributed by atoms with E-state index in [0.717, 1.165) is 32.6 Å². The van der Waals surface area contributed by atoms with E-state index < -0.39 is 0 Å². The molecule has 1 atom stereocenters. The summed E-state index contributed by atoms with van der Waals surface area (Å²) in [6, 6.07) is 8.28. The van der Waals surface area contributed by atoms with Crippen LogP contribution in [0.5, 0.6) is 0 Å². The number of carbonyl (C=O) groups excluding carboxylic acids is 1. The summed E-state index contributed by atoms with van der Waals surface area (Å²) in [6.07, 6.45) is 9.73. The van der Waals surface area contributed by atoms with E-state index in [0.29, 0.717) is 12.1 Å². The highest BCUT2D eigenvalue weighted by molar-refractivity contribution is 5.73. The number of amides is 2. The normalized spacial score (nSPS) is 23.4. The Balaban J connectivity index is 1.29. The van der Waals surface area contributed by atoms with Gasteiger partial charge in [0.25, 0.3) is 0 Å². The Labute approximate surface area is 170 Å². The van der Waals surface area contributed by atoms with Crippen molar-refractivity contribution in [2.75, 3.05) is 45.2 Å². The molecule has 5 heteroatoms. The molecule has 5 nitrogen and oxygen atoms in total. The Kier molecular flexibility index (Phi) is 6.10. The predicted octanol–water partition coefficient (Wildman–Crippen LogP) is 3.27. The van der Waals surface area contributed by atoms with Crippen molar-refractivity contribution in [2.24, 2.45) is 0 Å². The van der Waals surface area contributed by atoms with E-state index >= 15 is 0 Å². The maximum atomic E-state index is 12.4. The zero-order chi connectivity index (χ0) is 19.5. The van der Waals surface area contributed by atoms with Crippen LogP contribution < -0.4 is 10.2 Å². The fourth-order valence-corrected chi connectivity index (χ4v) is 5.13. The van der Waals surface area contributed by atoms with Crippen molar-refractivity contribution in [3.05, 3.63) is 29.3 Å². The maximum absolute atomic E-state index is 12.4. The maximum Gasteiger partial charge on any atom is 0.319 e. The molecule has 154 valence electrons. The van der Waals surface area contributed by atoms with Crippen LogP contribution in [0, 0.1) is 0 Å². The molecule has 1 aromatic carbocycles. The quantitative estimate of drug-likeness (QED) is 0.869. The Morgan fingerprint density at radius 2 is 1.75 bits per heavy atom. The third-order valence-electron chi connectivity index (χ3n) is 6.74. The molecule has 2 amide bonds. The highest BCUT2D eigenvalue weighted by Crippen LogP contribution is 2.28. The van der Waals surface area contributed by atoms with Gasteiger partial charge >= 0.3 is 6.03 Å². The molecule has 2 fully saturated rings. The van der Waals surface area contributed by atoms with Gasteiger partial charge in [-0.1, -0.05) is 12.5 Å². The Hall–Kier alpha value is -1.75. The van der Waals surface area contributed by atoms with Crippen LogP contribution in [0.15, 0.2) is 18.2 Å². The van der Waals surface area contributed by atoms with Gasteiger partial charge in [-0.3, -0.25) is 0 Å². The summed E-state index contributed by atoms with van der Waals surface area (Å²) in [5.41, 5.74) is 4.55. The first kappa shape index (κ1) is 19.6. The lowest BCUT2D eigenvalue weighted by Gasteiger charge is -2.37. The summed E-state index contributed by atoms with van der Waals surface area (Å²) in [5.74, 6) is 0. The number of nitrogens with one attached hydrogen (secondary N) is 1. The second-order valence-electron chi connectivity index (χ2n) is 9.05. The molecule has 0 unspecified atom stereocenters. The Bertz CT molecular complexity index is 681. The smallest absolute Gasteiger partial charge is 0.319 e. The molecule has 0 radical (unpaired) electrons. The minimum Gasteiger partial charge on any atom is -0.371 e. The number of hydrogen-bond donors (Lipinski definition) is 1. The molecule has 0 bridgehead atoms. The average molecular weight is 385 g/mol. The molecule has 2 heterocycles. The number of likely N-dealkylation sites (tertiary alicyclic amines) is 1. The van der Waals surface area contributed by atoms with Gasteiger partial charge in [0, 0.05) is 58.0 Å². The van der Waals surface area contributed by atoms with Crippen LogP contribution in [-0.2, 0) is 12.8 Å². The monoisotopic (exact) mass is 384 g/mol. The molecule has 2 aliphatic heterocycles. The number of urea groups is 1. The van der Waals surface area contributed by atoms with Gasteiger partial charge in [0.2, 0.25) is 0 Å². The van der Waals surface area contributed by atoms with Crippen LogP contribution in [0.2, 0.25) is 0 Å². The molecular formula is C23H36N4O. The Morgan fingerprint density at radius 3 is 2.54 bits per heavy atom. The average Bonchev–Trinajstić information content (AvgIpc) is 3.05. The number of rotatable bonds is 3. The second kappa shape index (κ2) is 8.73. The minimum atomic E-state index is 0.153. The van der Waals surface area contributed by atoms with Gasteiger partial charge < -0.3 is 20.0 Å². The third kappa shape index (κ3) is 4.45. The predicted molar refractivity (Wildman–Crippen MR) is 115 cm³/mol. The SMILES string of the molecule is CN(C)C(=O)N1CCCC[C@@H](NC2CCN(c3ccc4c(c3)CCC4)CC2)C1. The summed E-state index contributed by atoms with van der Waals surface area (Å²) in [5, 5.41) is 3.90. The van der Waals surface area contributed by atoms with E-state index in [4.69, 9.17) is 0 Å². The van der Waals surface area contributed by atoms with Gasteiger partial charge in [-0.15, -0.1) is 0 Å². The highest BCUT2D eigenvalue weighted by Gasteiger charge is 2.27. The number of piperidine rings is 1. The topological polar surface area (TPSA) is 38.8 Å². The van der Waals surface area contributed by atoms with Crippen molar-refractivity contribution in [1.29, 1.82) is 0 Å². The molecule has 28 heavy (non-hydrogen) atoms. The van der Waals surface area contributed by atoms with E-state index in [2.05, 4.69) is 28.4 Å². The van der Waals surface area contributed by atoms with Crippen molar-refractivity contribution in [3.8, 4) is 0 Å². The van der Waals surface area contributed by atoms with Gasteiger partial charge in [-0.05, 0) is 68.2 Å². The molecule has 0 saturated carbocycles. The zero-order valence-electron chi connectivity index (χ0n) is 17.6. The van der Waals surface area contributed by atoms with Crippen molar-refractivity contribution in [2.45, 2.75) is 63.5 Å². The molecular weight excluding hydrogens is 348 g/mol. The molecule has 1 N–H and O–H groups in total. The first-order valence-electron chi connectivity index (χ1n) is 11.2. The molecule has 3 aliphatic rings. The summed E-state index contributed by atoms with van der Waals surface area (Å²) < 4.78 is 0. The third-order valence-corrected chi connectivity index (χ3v) is 6.74. The van der Waals surface area contributed by atoms with Crippen LogP contribution >= 0.6 is 0 Å². The first-order valence-corrected chi connectivity index (χ1v) is 11.2. The van der Waals surface area contributed by atoms with E-state index in [-0.39, 0.29) is 6.03 Å². The summed E-state index contributed by atoms with van der Waals surface area (Å²) in [4.78, 5) is 18.7. The van der Waals surface area contributed by atoms with Crippen molar-refractivity contribution in [1.82, 2.24) is 15.1 Å². The van der Waals surface area contributed by atoms with E-state index in [1.165, 1.54) is 50.6 Å². The molecule has 0 spiro atoms. The Morgan fingerprint density at radius 1 is 0.964 bits per heavy atom. The van der Waals surface area contributed by atoms with Crippen LogP contribution in [0.25, 0.3) is 0 Å². The van der Waals surface area contributed by atoms with Crippen molar-refractivity contribution >= 4 is 11.7 Å². The van der Waals surface area contributed by atoms with E-state index in [1.807, 2.05) is 19.0 Å². The number of carbonyl (C=O) groups is 1. The first-order chi connectivity index (χ1) is 13.6. The molecule has 1 aliphatic carbocycles. The molecule has 1 aromatic rings. The fourth-order valence-electron chi connectivity index (χ4n) is 5.13. The number of fused-ring (bicyclic) bond motifs is 1. The minimum absolute atomic E-state index is 0.153. The lowest BCUT2D eigenvalue weighted by Crippen LogP contribution is -2.51. The van der Waals surface area contributed by atoms with Crippen LogP contribution in [0.1, 0.15) is 49.7 Å². The van der Waals surface area contributed by atoms with Crippen molar-refractivity contribution in [3.63, 3.8) is 0 Å². The lowest BCUT2D eigenvalue weighted by molar-refractivity contribution is 0.166. The van der Waals surface area contributed by atoms with Gasteiger partial charge in [-0.2, -0.15) is 0 Å². The molecule has 2 saturated heterocycles. The second-order valence-corrected chi connectivity index (χ2v) is 9.05. The van der Waals surface area contributed by atoms with Crippen LogP contribution in [-0.4, -0.2) is 68.2 Å². The van der Waals surface area contributed by atoms with Gasteiger partial charge in [0.15, 0.2) is 0 Å². The van der Waals surface area contributed by atoms with Crippen molar-refractivity contribution < 1.29 is 4.79 Å². The lowest BCUT2D eigenvalue weighted by atomic mass is 10.0. The van der Waals surface area contributed by atoms with Gasteiger partial charge in [0.05, 0.1) is 0 Å². The summed E-state index contributed by atoms with van der Waals surface area (Å²) >= 11 is 0. The largest absolute Gasteiger partial charge is 0.371 e. The number of anilines is 1. The highest BCUT2D eigenvalue weighted by atomic mass is 16.2. The van der Waals surface area contributed by atoms with Gasteiger partial charge in [-0.25, -0.2) is 4.79 Å². The zero-order valence-corrected chi connectivity index (χ0v) is 17.6. The fraction of sp³-hybridized carbons (Fsp3) is 0.696. The summed E-state index contributed by atoms with van der Waals surface area (Å²) in [6.45, 7) is 4.00. The molecule has 4 rings (SSSR count). The van der Waals surface area contributed by atoms with Crippen LogP contribution in [0.3, 0.4) is 0 Å². The van der Waals surface area contributed by atoms with Gasteiger partial charge in [0.1, 0.15) is 0 Å². The van der Waals surface area contributed by atoms with E-state index in [1.54, 1.807) is 16.0 Å². The summed E-state index contributed by atoms with van der Waals surface area (Å²) in [7, 11) is 3.70. The number of hydrogen-bond acceptors (Lipinski definition) is 3. The standard InChI is InChI=1S/C23H36N4O/c1-25(2)23(28)27-13-4-3-8-21(17-27)24-20-11-14-26(15-12-20)22-10-9-18-6-5-7-19(18)16-22/h9-10,16,20-21,24H,3-8,11-15,17H2,1-2H3/t21-/m1/s1. The number of benzene rings is 1. The molecule has 0 aromatic heterocycles. The van der Waals surface area contributed by atoms with Crippen LogP contribution in [0.4, 0.5) is 10.5 Å². The number of nitrogens with zero attached hydrogens (tertiary/aromatic N) is 3. The van der Waals surface area contributed by atoms with E-state index in [9.17, 15) is 4.79 Å².